The Hall–Kier alpha value is -3.92. The Kier molecular flexibility index (Phi) is 7.61. The maximum absolute atomic E-state index is 12.4. The number of methoxy groups -OCH3 is 1. The van der Waals surface area contributed by atoms with E-state index in [9.17, 15) is 4.79 Å². The summed E-state index contributed by atoms with van der Waals surface area (Å²) in [4.78, 5) is 30.2. The molecule has 35 heavy (non-hydrogen) atoms. The van der Waals surface area contributed by atoms with Gasteiger partial charge in [0.05, 0.1) is 50.8 Å². The third-order valence-electron chi connectivity index (χ3n) is 5.62. The van der Waals surface area contributed by atoms with Crippen LogP contribution in [0.1, 0.15) is 17.7 Å². The molecule has 10 nitrogen and oxygen atoms in total. The summed E-state index contributed by atoms with van der Waals surface area (Å²) < 4.78 is 22.8. The number of hydrogen-bond donors (Lipinski definition) is 1. The molecule has 10 heteroatoms. The molecule has 3 heterocycles. The van der Waals surface area contributed by atoms with Gasteiger partial charge in [-0.3, -0.25) is 14.8 Å². The smallest absolute Gasteiger partial charge is 0.226 e. The number of hydrogen-bond acceptors (Lipinski definition) is 8. The van der Waals surface area contributed by atoms with E-state index >= 15 is 0 Å². The Morgan fingerprint density at radius 2 is 2.03 bits per heavy atom. The standard InChI is InChI=1S/C25H29N5O5/c1-16-11-17-12-18(15-28-24(17)29-16)35-25(27-3)19-13-21(32-4)22(14-20(19)26-2)34-8-5-23(31)30-6-9-33-10-7-30/h11-15H,2,5-10H2,1,3-4H3,(H,28,29)/b27-25+. The molecule has 0 saturated carbocycles. The van der Waals surface area contributed by atoms with E-state index in [1.165, 1.54) is 0 Å². The number of carbonyl (C=O) groups excluding carboxylic acids is 1. The lowest BCUT2D eigenvalue weighted by Gasteiger charge is -2.26. The average molecular weight is 480 g/mol. The Morgan fingerprint density at radius 1 is 1.23 bits per heavy atom. The van der Waals surface area contributed by atoms with E-state index in [1.807, 2.05) is 19.1 Å². The summed E-state index contributed by atoms with van der Waals surface area (Å²) in [5.74, 6) is 1.81. The summed E-state index contributed by atoms with van der Waals surface area (Å²) in [7, 11) is 3.17. The summed E-state index contributed by atoms with van der Waals surface area (Å²) in [6.45, 7) is 8.19. The molecule has 1 N–H and O–H groups in total. The van der Waals surface area contributed by atoms with Crippen LogP contribution in [0, 0.1) is 6.92 Å². The molecule has 0 aliphatic carbocycles. The van der Waals surface area contributed by atoms with E-state index in [4.69, 9.17) is 18.9 Å². The monoisotopic (exact) mass is 479 g/mol. The first kappa shape index (κ1) is 24.2. The van der Waals surface area contributed by atoms with Crippen molar-refractivity contribution in [1.82, 2.24) is 14.9 Å². The summed E-state index contributed by atoms with van der Waals surface area (Å²) >= 11 is 0. The number of H-pyrrole nitrogens is 1. The maximum atomic E-state index is 12.4. The first-order chi connectivity index (χ1) is 17.0. The third-order valence-corrected chi connectivity index (χ3v) is 5.62. The van der Waals surface area contributed by atoms with Crippen molar-refractivity contribution < 1.29 is 23.7 Å². The second-order valence-electron chi connectivity index (χ2n) is 7.96. The zero-order valence-corrected chi connectivity index (χ0v) is 20.2. The normalized spacial score (nSPS) is 14.1. The highest BCUT2D eigenvalue weighted by Crippen LogP contribution is 2.36. The molecule has 0 radical (unpaired) electrons. The van der Waals surface area contributed by atoms with Crippen molar-refractivity contribution in [2.24, 2.45) is 9.98 Å². The predicted molar refractivity (Wildman–Crippen MR) is 134 cm³/mol. The number of benzene rings is 1. The van der Waals surface area contributed by atoms with Crippen molar-refractivity contribution in [2.75, 3.05) is 47.1 Å². The number of ether oxygens (including phenoxy) is 4. The summed E-state index contributed by atoms with van der Waals surface area (Å²) in [5, 5.41) is 0.936. The minimum absolute atomic E-state index is 0.0305. The third kappa shape index (κ3) is 5.60. The van der Waals surface area contributed by atoms with Crippen LogP contribution >= 0.6 is 0 Å². The highest BCUT2D eigenvalue weighted by molar-refractivity contribution is 6.01. The fraction of sp³-hybridized carbons (Fsp3) is 0.360. The van der Waals surface area contributed by atoms with Crippen LogP contribution in [0.15, 0.2) is 40.4 Å². The first-order valence-electron chi connectivity index (χ1n) is 11.3. The number of aromatic amines is 1. The van der Waals surface area contributed by atoms with Gasteiger partial charge in [-0.2, -0.15) is 0 Å². The molecular weight excluding hydrogens is 450 g/mol. The number of carbonyl (C=O) groups is 1. The summed E-state index contributed by atoms with van der Waals surface area (Å²) in [6, 6.07) is 7.32. The minimum Gasteiger partial charge on any atom is -0.493 e. The van der Waals surface area contributed by atoms with Crippen LogP contribution in [0.2, 0.25) is 0 Å². The van der Waals surface area contributed by atoms with Crippen LogP contribution in [0.3, 0.4) is 0 Å². The van der Waals surface area contributed by atoms with Crippen LogP contribution in [0.5, 0.6) is 17.2 Å². The van der Waals surface area contributed by atoms with Crippen molar-refractivity contribution in [3.63, 3.8) is 0 Å². The van der Waals surface area contributed by atoms with E-state index in [2.05, 4.69) is 26.7 Å². The van der Waals surface area contributed by atoms with Gasteiger partial charge in [0.1, 0.15) is 11.4 Å². The fourth-order valence-corrected chi connectivity index (χ4v) is 3.86. The molecule has 3 aromatic rings. The lowest BCUT2D eigenvalue weighted by atomic mass is 10.1. The van der Waals surface area contributed by atoms with Gasteiger partial charge in [-0.05, 0) is 31.8 Å². The van der Waals surface area contributed by atoms with E-state index in [1.54, 1.807) is 37.4 Å². The lowest BCUT2D eigenvalue weighted by molar-refractivity contribution is -0.135. The number of morpholine rings is 1. The van der Waals surface area contributed by atoms with E-state index in [0.717, 1.165) is 16.7 Å². The van der Waals surface area contributed by atoms with Gasteiger partial charge < -0.3 is 28.8 Å². The highest BCUT2D eigenvalue weighted by Gasteiger charge is 2.20. The summed E-state index contributed by atoms with van der Waals surface area (Å²) in [6.07, 6.45) is 1.88. The van der Waals surface area contributed by atoms with Crippen molar-refractivity contribution in [2.45, 2.75) is 13.3 Å². The molecule has 1 aliphatic heterocycles. The zero-order chi connectivity index (χ0) is 24.8. The molecular formula is C25H29N5O5. The van der Waals surface area contributed by atoms with E-state index < -0.39 is 0 Å². The molecule has 1 amide bonds. The molecule has 1 saturated heterocycles. The average Bonchev–Trinajstić information content (AvgIpc) is 3.26. The second-order valence-corrected chi connectivity index (χ2v) is 7.96. The SMILES string of the molecule is C=Nc1cc(OCCC(=O)N2CCOCC2)c(OC)cc1/C(=N\C)Oc1cnc2[nH]c(C)cc2c1. The quantitative estimate of drug-likeness (QED) is 0.392. The van der Waals surface area contributed by atoms with Gasteiger partial charge in [0.15, 0.2) is 11.5 Å². The molecule has 1 fully saturated rings. The Labute approximate surface area is 203 Å². The highest BCUT2D eigenvalue weighted by atomic mass is 16.5. The zero-order valence-electron chi connectivity index (χ0n) is 20.2. The van der Waals surface area contributed by atoms with Crippen LogP contribution in [-0.4, -0.2) is 80.5 Å². The molecule has 0 spiro atoms. The first-order valence-corrected chi connectivity index (χ1v) is 11.3. The van der Waals surface area contributed by atoms with Gasteiger partial charge in [-0.15, -0.1) is 0 Å². The molecule has 0 bridgehead atoms. The van der Waals surface area contributed by atoms with Crippen molar-refractivity contribution in [1.29, 1.82) is 0 Å². The predicted octanol–water partition coefficient (Wildman–Crippen LogP) is 3.30. The van der Waals surface area contributed by atoms with Crippen LogP contribution in [0.4, 0.5) is 5.69 Å². The Bertz CT molecular complexity index is 1250. The van der Waals surface area contributed by atoms with Gasteiger partial charge in [0.25, 0.3) is 0 Å². The van der Waals surface area contributed by atoms with Crippen molar-refractivity contribution in [3.05, 3.63) is 41.7 Å². The van der Waals surface area contributed by atoms with Gasteiger partial charge in [-0.25, -0.2) is 4.98 Å². The number of nitrogens with one attached hydrogen (secondary N) is 1. The number of rotatable bonds is 8. The number of aliphatic imine (C=N–C) groups is 2. The van der Waals surface area contributed by atoms with Gasteiger partial charge in [0.2, 0.25) is 11.8 Å². The Morgan fingerprint density at radius 3 is 2.74 bits per heavy atom. The largest absolute Gasteiger partial charge is 0.493 e. The lowest BCUT2D eigenvalue weighted by Crippen LogP contribution is -2.41. The maximum Gasteiger partial charge on any atom is 0.226 e. The number of aromatic nitrogens is 2. The molecule has 0 unspecified atom stereocenters. The molecule has 2 aromatic heterocycles. The van der Waals surface area contributed by atoms with Gasteiger partial charge in [0, 0.05) is 37.3 Å². The van der Waals surface area contributed by atoms with Crippen LogP contribution < -0.4 is 14.2 Å². The van der Waals surface area contributed by atoms with E-state index in [-0.39, 0.29) is 18.9 Å². The fourth-order valence-electron chi connectivity index (χ4n) is 3.86. The van der Waals surface area contributed by atoms with E-state index in [0.29, 0.717) is 60.7 Å². The molecule has 184 valence electrons. The Balaban J connectivity index is 1.50. The van der Waals surface area contributed by atoms with Crippen molar-refractivity contribution >= 4 is 35.2 Å². The van der Waals surface area contributed by atoms with Gasteiger partial charge in [-0.1, -0.05) is 0 Å². The number of aryl methyl sites for hydroxylation is 1. The van der Waals surface area contributed by atoms with Crippen molar-refractivity contribution in [3.8, 4) is 17.2 Å². The van der Waals surface area contributed by atoms with Gasteiger partial charge >= 0.3 is 0 Å². The number of nitrogens with zero attached hydrogens (tertiary/aromatic N) is 4. The molecule has 1 aliphatic rings. The number of pyridine rings is 1. The number of amides is 1. The van der Waals surface area contributed by atoms with Crippen LogP contribution in [-0.2, 0) is 9.53 Å². The number of fused-ring (bicyclic) bond motifs is 1. The molecule has 1 aromatic carbocycles. The molecule has 4 rings (SSSR count). The molecule has 0 atom stereocenters. The minimum atomic E-state index is 0.0305. The van der Waals surface area contributed by atoms with Crippen LogP contribution in [0.25, 0.3) is 11.0 Å². The summed E-state index contributed by atoms with van der Waals surface area (Å²) in [5.41, 5.74) is 2.89. The topological polar surface area (TPSA) is 111 Å². The second kappa shape index (κ2) is 11.0.